The predicted molar refractivity (Wildman–Crippen MR) is 101 cm³/mol. The van der Waals surface area contributed by atoms with E-state index in [9.17, 15) is 0 Å². The van der Waals surface area contributed by atoms with E-state index in [-0.39, 0.29) is 0 Å². The number of nitrogens with zero attached hydrogens (tertiary/aromatic N) is 2. The van der Waals surface area contributed by atoms with Crippen LogP contribution >= 0.6 is 11.3 Å². The second-order valence-electron chi connectivity index (χ2n) is 5.51. The van der Waals surface area contributed by atoms with Gasteiger partial charge < -0.3 is 15.4 Å². The van der Waals surface area contributed by atoms with Gasteiger partial charge in [-0.05, 0) is 31.9 Å². The summed E-state index contributed by atoms with van der Waals surface area (Å²) in [6.07, 6.45) is 3.75. The van der Waals surface area contributed by atoms with Crippen molar-refractivity contribution in [2.24, 2.45) is 4.99 Å². The van der Waals surface area contributed by atoms with Crippen molar-refractivity contribution >= 4 is 17.3 Å². The van der Waals surface area contributed by atoms with Crippen LogP contribution in [0.4, 0.5) is 0 Å². The van der Waals surface area contributed by atoms with Crippen molar-refractivity contribution in [3.05, 3.63) is 45.9 Å². The van der Waals surface area contributed by atoms with Gasteiger partial charge in [0, 0.05) is 37.6 Å². The van der Waals surface area contributed by atoms with Crippen LogP contribution in [0.2, 0.25) is 0 Å². The lowest BCUT2D eigenvalue weighted by Crippen LogP contribution is -2.39. The lowest BCUT2D eigenvalue weighted by molar-refractivity contribution is 0.309. The Bertz CT molecular complexity index is 654. The predicted octanol–water partition coefficient (Wildman–Crippen LogP) is 2.94. The second kappa shape index (κ2) is 9.93. The molecule has 0 atom stereocenters. The number of ether oxygens (including phenoxy) is 1. The second-order valence-corrected chi connectivity index (χ2v) is 6.83. The highest BCUT2D eigenvalue weighted by Crippen LogP contribution is 2.16. The Morgan fingerprint density at radius 1 is 1.21 bits per heavy atom. The molecule has 5 nitrogen and oxygen atoms in total. The van der Waals surface area contributed by atoms with Crippen molar-refractivity contribution in [3.8, 4) is 5.75 Å². The minimum absolute atomic E-state index is 0.688. The van der Waals surface area contributed by atoms with Crippen molar-refractivity contribution in [2.45, 2.75) is 26.7 Å². The standard InChI is InChI=1S/C18H26N4OS/c1-14-7-4-5-8-16(14)23-12-6-10-20-18(19-3)21-11-9-17-22-13-15(2)24-17/h4-5,7-8,13H,6,9-12H2,1-3H3,(H2,19,20,21). The molecule has 0 fully saturated rings. The van der Waals surface area contributed by atoms with Gasteiger partial charge in [-0.15, -0.1) is 11.3 Å². The van der Waals surface area contributed by atoms with Crippen LogP contribution in [-0.4, -0.2) is 37.7 Å². The first-order valence-corrected chi connectivity index (χ1v) is 9.05. The molecule has 0 aliphatic rings. The zero-order chi connectivity index (χ0) is 17.2. The van der Waals surface area contributed by atoms with Gasteiger partial charge in [0.05, 0.1) is 11.6 Å². The Labute approximate surface area is 148 Å². The van der Waals surface area contributed by atoms with Crippen LogP contribution in [0, 0.1) is 13.8 Å². The van der Waals surface area contributed by atoms with Gasteiger partial charge in [-0.3, -0.25) is 4.99 Å². The van der Waals surface area contributed by atoms with Gasteiger partial charge in [-0.1, -0.05) is 18.2 Å². The van der Waals surface area contributed by atoms with Gasteiger partial charge in [-0.2, -0.15) is 0 Å². The lowest BCUT2D eigenvalue weighted by Gasteiger charge is -2.12. The molecule has 0 aliphatic carbocycles. The summed E-state index contributed by atoms with van der Waals surface area (Å²) in [5.41, 5.74) is 1.17. The fraction of sp³-hybridized carbons (Fsp3) is 0.444. The summed E-state index contributed by atoms with van der Waals surface area (Å²) in [5.74, 6) is 1.78. The normalized spacial score (nSPS) is 11.4. The molecule has 0 unspecified atom stereocenters. The van der Waals surface area contributed by atoms with E-state index in [1.54, 1.807) is 18.4 Å². The number of aryl methyl sites for hydroxylation is 2. The van der Waals surface area contributed by atoms with E-state index in [1.807, 2.05) is 24.4 Å². The van der Waals surface area contributed by atoms with Gasteiger partial charge in [0.1, 0.15) is 5.75 Å². The van der Waals surface area contributed by atoms with Crippen molar-refractivity contribution in [3.63, 3.8) is 0 Å². The van der Waals surface area contributed by atoms with Crippen LogP contribution in [0.3, 0.4) is 0 Å². The fourth-order valence-corrected chi connectivity index (χ4v) is 2.99. The number of hydrogen-bond acceptors (Lipinski definition) is 4. The van der Waals surface area contributed by atoms with E-state index < -0.39 is 0 Å². The van der Waals surface area contributed by atoms with E-state index in [0.717, 1.165) is 42.6 Å². The molecular formula is C18H26N4OS. The number of aliphatic imine (C=N–C) groups is 1. The minimum Gasteiger partial charge on any atom is -0.493 e. The highest BCUT2D eigenvalue weighted by molar-refractivity contribution is 7.11. The number of aromatic nitrogens is 1. The average Bonchev–Trinajstić information content (AvgIpc) is 3.00. The molecule has 0 bridgehead atoms. The van der Waals surface area contributed by atoms with Crippen molar-refractivity contribution in [1.82, 2.24) is 15.6 Å². The summed E-state index contributed by atoms with van der Waals surface area (Å²) in [6, 6.07) is 8.08. The van der Waals surface area contributed by atoms with Crippen LogP contribution in [-0.2, 0) is 6.42 Å². The number of nitrogens with one attached hydrogen (secondary N) is 2. The number of para-hydroxylation sites is 1. The number of guanidine groups is 1. The number of thiazole rings is 1. The van der Waals surface area contributed by atoms with Crippen molar-refractivity contribution in [1.29, 1.82) is 0 Å². The maximum atomic E-state index is 5.79. The number of hydrogen-bond donors (Lipinski definition) is 2. The van der Waals surface area contributed by atoms with Crippen LogP contribution in [0.15, 0.2) is 35.5 Å². The number of rotatable bonds is 8. The molecule has 0 saturated heterocycles. The Kier molecular flexibility index (Phi) is 7.55. The Balaban J connectivity index is 1.59. The Morgan fingerprint density at radius 3 is 2.71 bits per heavy atom. The lowest BCUT2D eigenvalue weighted by atomic mass is 10.2. The maximum absolute atomic E-state index is 5.79. The third-order valence-electron chi connectivity index (χ3n) is 3.49. The summed E-state index contributed by atoms with van der Waals surface area (Å²) < 4.78 is 5.79. The summed E-state index contributed by atoms with van der Waals surface area (Å²) in [5, 5.41) is 7.77. The fourth-order valence-electron chi connectivity index (χ4n) is 2.20. The SMILES string of the molecule is CN=C(NCCCOc1ccccc1C)NCCc1ncc(C)s1. The molecule has 0 spiro atoms. The Morgan fingerprint density at radius 2 is 2.00 bits per heavy atom. The molecule has 130 valence electrons. The third-order valence-corrected chi connectivity index (χ3v) is 4.46. The first-order chi connectivity index (χ1) is 11.7. The minimum atomic E-state index is 0.688. The first kappa shape index (κ1) is 18.3. The molecule has 1 aromatic heterocycles. The van der Waals surface area contributed by atoms with Gasteiger partial charge in [-0.25, -0.2) is 4.98 Å². The maximum Gasteiger partial charge on any atom is 0.190 e. The largest absolute Gasteiger partial charge is 0.493 e. The van der Waals surface area contributed by atoms with E-state index in [0.29, 0.717) is 6.61 Å². The topological polar surface area (TPSA) is 58.5 Å². The van der Waals surface area contributed by atoms with E-state index in [2.05, 4.69) is 40.5 Å². The smallest absolute Gasteiger partial charge is 0.190 e. The molecule has 2 aromatic rings. The van der Waals surface area contributed by atoms with Crippen LogP contribution in [0.1, 0.15) is 21.9 Å². The highest BCUT2D eigenvalue weighted by Gasteiger charge is 2.01. The summed E-state index contributed by atoms with van der Waals surface area (Å²) in [4.78, 5) is 9.84. The molecule has 0 amide bonds. The molecule has 6 heteroatoms. The summed E-state index contributed by atoms with van der Waals surface area (Å²) in [7, 11) is 1.78. The molecule has 0 aliphatic heterocycles. The van der Waals surface area contributed by atoms with Gasteiger partial charge in [0.2, 0.25) is 0 Å². The molecule has 24 heavy (non-hydrogen) atoms. The van der Waals surface area contributed by atoms with E-state index in [4.69, 9.17) is 4.74 Å². The molecular weight excluding hydrogens is 320 g/mol. The molecule has 0 saturated carbocycles. The van der Waals surface area contributed by atoms with E-state index in [1.165, 1.54) is 10.4 Å². The summed E-state index contributed by atoms with van der Waals surface area (Å²) >= 11 is 1.74. The third kappa shape index (κ3) is 6.20. The molecule has 0 radical (unpaired) electrons. The monoisotopic (exact) mass is 346 g/mol. The van der Waals surface area contributed by atoms with Gasteiger partial charge in [0.15, 0.2) is 5.96 Å². The highest BCUT2D eigenvalue weighted by atomic mass is 32.1. The average molecular weight is 347 g/mol. The van der Waals surface area contributed by atoms with Crippen molar-refractivity contribution in [2.75, 3.05) is 26.7 Å². The molecule has 2 rings (SSSR count). The molecule has 2 N–H and O–H groups in total. The van der Waals surface area contributed by atoms with E-state index >= 15 is 0 Å². The zero-order valence-electron chi connectivity index (χ0n) is 14.6. The van der Waals surface area contributed by atoms with Crippen LogP contribution < -0.4 is 15.4 Å². The zero-order valence-corrected chi connectivity index (χ0v) is 15.4. The Hall–Kier alpha value is -2.08. The first-order valence-electron chi connectivity index (χ1n) is 8.23. The van der Waals surface area contributed by atoms with Gasteiger partial charge >= 0.3 is 0 Å². The number of benzene rings is 1. The quantitative estimate of drug-likeness (QED) is 0.438. The van der Waals surface area contributed by atoms with Crippen molar-refractivity contribution < 1.29 is 4.74 Å². The molecule has 1 heterocycles. The molecule has 1 aromatic carbocycles. The van der Waals surface area contributed by atoms with Crippen LogP contribution in [0.5, 0.6) is 5.75 Å². The van der Waals surface area contributed by atoms with Crippen LogP contribution in [0.25, 0.3) is 0 Å². The van der Waals surface area contributed by atoms with Gasteiger partial charge in [0.25, 0.3) is 0 Å². The summed E-state index contributed by atoms with van der Waals surface area (Å²) in [6.45, 7) is 6.47.